The van der Waals surface area contributed by atoms with Gasteiger partial charge in [-0.05, 0) is 25.0 Å². The minimum Gasteiger partial charge on any atom is -0.439 e. The van der Waals surface area contributed by atoms with Crippen molar-refractivity contribution >= 4 is 16.8 Å². The predicted octanol–water partition coefficient (Wildman–Crippen LogP) is 1.37. The Morgan fingerprint density at radius 1 is 1.44 bits per heavy atom. The Morgan fingerprint density at radius 2 is 2.28 bits per heavy atom. The van der Waals surface area contributed by atoms with Crippen LogP contribution in [-0.2, 0) is 6.54 Å². The first-order chi connectivity index (χ1) is 8.78. The summed E-state index contributed by atoms with van der Waals surface area (Å²) < 4.78 is 5.69. The number of oxazole rings is 1. The van der Waals surface area contributed by atoms with Gasteiger partial charge in [0.15, 0.2) is 5.58 Å². The number of hydrogen-bond donors (Lipinski definition) is 2. The van der Waals surface area contributed by atoms with Crippen LogP contribution in [0.1, 0.15) is 18.7 Å². The quantitative estimate of drug-likeness (QED) is 0.780. The van der Waals surface area contributed by atoms with Crippen molar-refractivity contribution in [3.05, 3.63) is 24.1 Å². The van der Waals surface area contributed by atoms with E-state index < -0.39 is 0 Å². The first kappa shape index (κ1) is 11.5. The molecule has 1 aliphatic rings. The number of para-hydroxylation sites is 1. The van der Waals surface area contributed by atoms with Crippen LogP contribution < -0.4 is 5.73 Å². The second-order valence-corrected chi connectivity index (χ2v) is 4.73. The second kappa shape index (κ2) is 4.59. The maximum atomic E-state index is 9.06. The van der Waals surface area contributed by atoms with Gasteiger partial charge in [0.1, 0.15) is 5.52 Å². The van der Waals surface area contributed by atoms with E-state index in [0.29, 0.717) is 30.7 Å². The summed E-state index contributed by atoms with van der Waals surface area (Å²) >= 11 is 0. The van der Waals surface area contributed by atoms with Crippen molar-refractivity contribution in [1.29, 1.82) is 0 Å². The zero-order valence-electron chi connectivity index (χ0n) is 10.2. The van der Waals surface area contributed by atoms with Crippen LogP contribution >= 0.6 is 0 Å². The molecule has 0 unspecified atom stereocenters. The van der Waals surface area contributed by atoms with E-state index in [0.717, 1.165) is 11.1 Å². The molecule has 0 aliphatic heterocycles. The summed E-state index contributed by atoms with van der Waals surface area (Å²) in [6.45, 7) is 1.47. The summed E-state index contributed by atoms with van der Waals surface area (Å²) in [6, 6.07) is 6.12. The Hall–Kier alpha value is -1.59. The molecule has 5 heteroatoms. The standard InChI is InChI=1S/C13H17N3O2/c14-10-2-1-3-11-13(10)15-12(18-11)8-16(6-7-17)9-4-5-9/h1-3,9,17H,4-8,14H2. The van der Waals surface area contributed by atoms with Crippen LogP contribution in [0, 0.1) is 0 Å². The summed E-state index contributed by atoms with van der Waals surface area (Å²) in [7, 11) is 0. The molecule has 0 atom stereocenters. The number of nitrogen functional groups attached to an aromatic ring is 1. The highest BCUT2D eigenvalue weighted by molar-refractivity contribution is 5.85. The zero-order chi connectivity index (χ0) is 12.5. The van der Waals surface area contributed by atoms with Gasteiger partial charge in [0.2, 0.25) is 5.89 Å². The number of rotatable bonds is 5. The average molecular weight is 247 g/mol. The highest BCUT2D eigenvalue weighted by Crippen LogP contribution is 2.29. The number of aromatic nitrogens is 1. The third-order valence-corrected chi connectivity index (χ3v) is 3.28. The number of hydrogen-bond acceptors (Lipinski definition) is 5. The summed E-state index contributed by atoms with van der Waals surface area (Å²) in [4.78, 5) is 6.64. The monoisotopic (exact) mass is 247 g/mol. The Balaban J connectivity index is 1.83. The lowest BCUT2D eigenvalue weighted by atomic mass is 10.3. The smallest absolute Gasteiger partial charge is 0.209 e. The van der Waals surface area contributed by atoms with Crippen LogP contribution in [0.15, 0.2) is 22.6 Å². The highest BCUT2D eigenvalue weighted by Gasteiger charge is 2.29. The van der Waals surface area contributed by atoms with E-state index in [2.05, 4.69) is 9.88 Å². The third kappa shape index (κ3) is 2.19. The number of aliphatic hydroxyl groups excluding tert-OH is 1. The van der Waals surface area contributed by atoms with Gasteiger partial charge in [0.25, 0.3) is 0 Å². The van der Waals surface area contributed by atoms with Gasteiger partial charge in [-0.15, -0.1) is 0 Å². The fourth-order valence-corrected chi connectivity index (χ4v) is 2.22. The molecule has 18 heavy (non-hydrogen) atoms. The van der Waals surface area contributed by atoms with Crippen molar-refractivity contribution in [2.24, 2.45) is 0 Å². The molecular formula is C13H17N3O2. The van der Waals surface area contributed by atoms with Crippen LogP contribution in [0.3, 0.4) is 0 Å². The second-order valence-electron chi connectivity index (χ2n) is 4.73. The van der Waals surface area contributed by atoms with Crippen molar-refractivity contribution < 1.29 is 9.52 Å². The van der Waals surface area contributed by atoms with E-state index in [1.807, 2.05) is 18.2 Å². The molecular weight excluding hydrogens is 230 g/mol. The fourth-order valence-electron chi connectivity index (χ4n) is 2.22. The molecule has 0 amide bonds. The van der Waals surface area contributed by atoms with Gasteiger partial charge in [-0.25, -0.2) is 4.98 Å². The molecule has 1 aromatic carbocycles. The van der Waals surface area contributed by atoms with Gasteiger partial charge >= 0.3 is 0 Å². The first-order valence-corrected chi connectivity index (χ1v) is 6.27. The number of benzene rings is 1. The van der Waals surface area contributed by atoms with Gasteiger partial charge < -0.3 is 15.3 Å². The SMILES string of the molecule is Nc1cccc2oc(CN(CCO)C3CC3)nc12. The molecule has 1 heterocycles. The lowest BCUT2D eigenvalue weighted by molar-refractivity contribution is 0.172. The van der Waals surface area contributed by atoms with E-state index in [9.17, 15) is 0 Å². The van der Waals surface area contributed by atoms with Crippen LogP contribution in [0.2, 0.25) is 0 Å². The minimum atomic E-state index is 0.166. The van der Waals surface area contributed by atoms with E-state index >= 15 is 0 Å². The van der Waals surface area contributed by atoms with Gasteiger partial charge in [0, 0.05) is 12.6 Å². The number of nitrogens with zero attached hydrogens (tertiary/aromatic N) is 2. The molecule has 96 valence electrons. The Labute approximate surface area is 105 Å². The maximum Gasteiger partial charge on any atom is 0.209 e. The summed E-state index contributed by atoms with van der Waals surface area (Å²) in [5, 5.41) is 9.06. The van der Waals surface area contributed by atoms with E-state index in [1.54, 1.807) is 0 Å². The van der Waals surface area contributed by atoms with Crippen molar-refractivity contribution in [3.63, 3.8) is 0 Å². The number of fused-ring (bicyclic) bond motifs is 1. The normalized spacial score (nSPS) is 15.7. The molecule has 3 N–H and O–H groups in total. The van der Waals surface area contributed by atoms with Crippen LogP contribution in [0.25, 0.3) is 11.1 Å². The van der Waals surface area contributed by atoms with Crippen LogP contribution in [-0.4, -0.2) is 34.2 Å². The molecule has 1 saturated carbocycles. The summed E-state index contributed by atoms with van der Waals surface area (Å²) in [5.41, 5.74) is 7.95. The molecule has 1 aromatic heterocycles. The highest BCUT2D eigenvalue weighted by atomic mass is 16.3. The first-order valence-electron chi connectivity index (χ1n) is 6.27. The number of aliphatic hydroxyl groups is 1. The minimum absolute atomic E-state index is 0.166. The predicted molar refractivity (Wildman–Crippen MR) is 68.9 cm³/mol. The summed E-state index contributed by atoms with van der Waals surface area (Å²) in [5.74, 6) is 0.670. The molecule has 3 rings (SSSR count). The average Bonchev–Trinajstić information content (AvgIpc) is 3.11. The van der Waals surface area contributed by atoms with E-state index in [-0.39, 0.29) is 6.61 Å². The van der Waals surface area contributed by atoms with Crippen molar-refractivity contribution in [2.45, 2.75) is 25.4 Å². The Kier molecular flexibility index (Phi) is 2.93. The molecule has 2 aromatic rings. The van der Waals surface area contributed by atoms with Gasteiger partial charge in [-0.3, -0.25) is 4.90 Å². The maximum absolute atomic E-state index is 9.06. The molecule has 0 radical (unpaired) electrons. The van der Waals surface area contributed by atoms with E-state index in [4.69, 9.17) is 15.3 Å². The van der Waals surface area contributed by atoms with Crippen molar-refractivity contribution in [2.75, 3.05) is 18.9 Å². The van der Waals surface area contributed by atoms with Gasteiger partial charge in [0.05, 0.1) is 18.8 Å². The Bertz CT molecular complexity index is 548. The number of anilines is 1. The third-order valence-electron chi connectivity index (χ3n) is 3.28. The topological polar surface area (TPSA) is 75.5 Å². The Morgan fingerprint density at radius 3 is 2.94 bits per heavy atom. The lowest BCUT2D eigenvalue weighted by Crippen LogP contribution is -2.28. The zero-order valence-corrected chi connectivity index (χ0v) is 10.2. The largest absolute Gasteiger partial charge is 0.439 e. The molecule has 1 aliphatic carbocycles. The molecule has 1 fully saturated rings. The van der Waals surface area contributed by atoms with Gasteiger partial charge in [-0.1, -0.05) is 6.07 Å². The van der Waals surface area contributed by atoms with Crippen LogP contribution in [0.5, 0.6) is 0 Å². The molecule has 0 bridgehead atoms. The van der Waals surface area contributed by atoms with Crippen LogP contribution in [0.4, 0.5) is 5.69 Å². The molecule has 5 nitrogen and oxygen atoms in total. The fraction of sp³-hybridized carbons (Fsp3) is 0.462. The van der Waals surface area contributed by atoms with Crippen molar-refractivity contribution in [3.8, 4) is 0 Å². The number of nitrogens with two attached hydrogens (primary N) is 1. The van der Waals surface area contributed by atoms with Crippen molar-refractivity contribution in [1.82, 2.24) is 9.88 Å². The molecule has 0 saturated heterocycles. The van der Waals surface area contributed by atoms with Gasteiger partial charge in [-0.2, -0.15) is 0 Å². The lowest BCUT2D eigenvalue weighted by Gasteiger charge is -2.18. The van der Waals surface area contributed by atoms with E-state index in [1.165, 1.54) is 12.8 Å². The molecule has 0 spiro atoms. The summed E-state index contributed by atoms with van der Waals surface area (Å²) in [6.07, 6.45) is 2.39.